The molecule has 0 radical (unpaired) electrons. The van der Waals surface area contributed by atoms with Crippen molar-refractivity contribution < 1.29 is 14.1 Å². The molecular formula is C29H36N8O3S. The number of hydrogen-bond acceptors (Lipinski definition) is 8. The first-order chi connectivity index (χ1) is 19.7. The van der Waals surface area contributed by atoms with Crippen LogP contribution in [0, 0.1) is 0 Å². The van der Waals surface area contributed by atoms with Crippen molar-refractivity contribution in [3.05, 3.63) is 60.4 Å². The van der Waals surface area contributed by atoms with Crippen LogP contribution in [0.2, 0.25) is 0 Å². The second-order valence-electron chi connectivity index (χ2n) is 11.1. The molecule has 2 aliphatic rings. The molecule has 3 N–H and O–H groups in total. The van der Waals surface area contributed by atoms with Gasteiger partial charge in [0.05, 0.1) is 6.42 Å². The van der Waals surface area contributed by atoms with Gasteiger partial charge in [0, 0.05) is 73.9 Å². The summed E-state index contributed by atoms with van der Waals surface area (Å²) in [6.45, 7) is 4.04. The number of hydrogen-bond donors (Lipinski definition) is 4. The summed E-state index contributed by atoms with van der Waals surface area (Å²) in [4.78, 5) is 29.6. The van der Waals surface area contributed by atoms with E-state index < -0.39 is 16.1 Å². The van der Waals surface area contributed by atoms with E-state index in [1.165, 1.54) is 5.69 Å². The molecule has 1 saturated carbocycles. The fraction of sp³-hybridized carbons (Fsp3) is 0.379. The van der Waals surface area contributed by atoms with Crippen LogP contribution < -0.4 is 14.9 Å². The van der Waals surface area contributed by atoms with Crippen LogP contribution in [-0.2, 0) is 14.9 Å². The Morgan fingerprint density at radius 2 is 1.80 bits per heavy atom. The second kappa shape index (κ2) is 11.1. The van der Waals surface area contributed by atoms with E-state index in [0.29, 0.717) is 24.2 Å². The maximum absolute atomic E-state index is 12.4. The number of pyridine rings is 1. The van der Waals surface area contributed by atoms with Crippen LogP contribution in [-0.4, -0.2) is 84.9 Å². The Balaban J connectivity index is 1.20. The maximum atomic E-state index is 12.4. The van der Waals surface area contributed by atoms with Gasteiger partial charge in [0.2, 0.25) is 5.95 Å². The number of rotatable bonds is 10. The van der Waals surface area contributed by atoms with E-state index in [9.17, 15) is 9.00 Å². The molecule has 0 spiro atoms. The number of carbonyl (C=O) groups is 1. The van der Waals surface area contributed by atoms with Gasteiger partial charge in [-0.3, -0.25) is 18.5 Å². The Labute approximate surface area is 240 Å². The van der Waals surface area contributed by atoms with Crippen LogP contribution in [0.15, 0.2) is 54.7 Å². The summed E-state index contributed by atoms with van der Waals surface area (Å²) in [6, 6.07) is 16.1. The molecule has 12 heteroatoms. The molecular weight excluding hydrogens is 540 g/mol. The van der Waals surface area contributed by atoms with Crippen LogP contribution in [0.4, 0.5) is 23.1 Å². The molecule has 1 aromatic carbocycles. The van der Waals surface area contributed by atoms with Gasteiger partial charge in [0.1, 0.15) is 11.6 Å². The second-order valence-corrected chi connectivity index (χ2v) is 14.1. The van der Waals surface area contributed by atoms with E-state index in [-0.39, 0.29) is 6.42 Å². The summed E-state index contributed by atoms with van der Waals surface area (Å²) in [5, 5.41) is 13.2. The molecule has 2 fully saturated rings. The Hall–Kier alpha value is -4.03. The molecule has 4 aromatic rings. The average molecular weight is 577 g/mol. The number of nitrogens with one attached hydrogen (secondary N) is 2. The van der Waals surface area contributed by atoms with Crippen molar-refractivity contribution in [3.63, 3.8) is 0 Å². The summed E-state index contributed by atoms with van der Waals surface area (Å²) in [6.07, 6.45) is 7.67. The highest BCUT2D eigenvalue weighted by Crippen LogP contribution is 2.43. The van der Waals surface area contributed by atoms with Gasteiger partial charge in [0.25, 0.3) is 0 Å². The van der Waals surface area contributed by atoms with Crippen molar-refractivity contribution in [2.75, 3.05) is 60.2 Å². The molecule has 0 unspecified atom stereocenters. The molecule has 1 aliphatic carbocycles. The van der Waals surface area contributed by atoms with Gasteiger partial charge < -0.3 is 20.0 Å². The zero-order chi connectivity index (χ0) is 28.6. The van der Waals surface area contributed by atoms with Gasteiger partial charge in [-0.2, -0.15) is 4.98 Å². The normalized spacial score (nSPS) is 16.6. The topological polar surface area (TPSA) is 129 Å². The maximum Gasteiger partial charge on any atom is 0.304 e. The Bertz CT molecular complexity index is 1600. The fourth-order valence-corrected chi connectivity index (χ4v) is 5.92. The number of aliphatic carboxylic acids is 1. The lowest BCUT2D eigenvalue weighted by atomic mass is 10.2. The Morgan fingerprint density at radius 3 is 2.49 bits per heavy atom. The highest BCUT2D eigenvalue weighted by Gasteiger charge is 2.29. The van der Waals surface area contributed by atoms with Crippen molar-refractivity contribution in [1.29, 1.82) is 0 Å². The summed E-state index contributed by atoms with van der Waals surface area (Å²) in [5.74, 6) is 1.53. The summed E-state index contributed by atoms with van der Waals surface area (Å²) in [5.41, 5.74) is 3.97. The van der Waals surface area contributed by atoms with E-state index in [0.717, 1.165) is 67.2 Å². The molecule has 41 heavy (non-hydrogen) atoms. The predicted octanol–water partition coefficient (Wildman–Crippen LogP) is 3.64. The van der Waals surface area contributed by atoms with E-state index in [2.05, 4.69) is 47.6 Å². The van der Waals surface area contributed by atoms with Gasteiger partial charge >= 0.3 is 5.97 Å². The molecule has 1 saturated heterocycles. The Kier molecular flexibility index (Phi) is 7.35. The minimum atomic E-state index is -2.50. The van der Waals surface area contributed by atoms with Gasteiger partial charge in [-0.15, -0.1) is 0 Å². The van der Waals surface area contributed by atoms with Gasteiger partial charge in [-0.1, -0.05) is 6.07 Å². The SMILES string of the molecule is C[SH](C)(=O)Nc1cccc(-n2c(C3CC3)cc3cnc(Nc4ccc(N5CCN(CCC(=O)O)CC5)cc4)nc32)n1. The largest absolute Gasteiger partial charge is 0.481 e. The zero-order valence-electron chi connectivity index (χ0n) is 23.3. The van der Waals surface area contributed by atoms with Crippen LogP contribution in [0.1, 0.15) is 30.9 Å². The van der Waals surface area contributed by atoms with Gasteiger partial charge in [0.15, 0.2) is 5.65 Å². The number of carboxylic acid groups (broad SMARTS) is 1. The number of benzene rings is 1. The van der Waals surface area contributed by atoms with E-state index in [1.807, 2.05) is 36.5 Å². The van der Waals surface area contributed by atoms with Crippen LogP contribution in [0.3, 0.4) is 0 Å². The smallest absolute Gasteiger partial charge is 0.304 e. The molecule has 0 bridgehead atoms. The number of anilines is 4. The first-order valence-corrected chi connectivity index (χ1v) is 16.6. The van der Waals surface area contributed by atoms with E-state index in [4.69, 9.17) is 15.1 Å². The monoisotopic (exact) mass is 576 g/mol. The number of thiol groups is 1. The van der Waals surface area contributed by atoms with Crippen molar-refractivity contribution >= 4 is 50.3 Å². The first-order valence-electron chi connectivity index (χ1n) is 14.0. The quantitative estimate of drug-likeness (QED) is 0.209. The highest BCUT2D eigenvalue weighted by atomic mass is 32.3. The van der Waals surface area contributed by atoms with Crippen molar-refractivity contribution in [2.24, 2.45) is 0 Å². The Morgan fingerprint density at radius 1 is 1.05 bits per heavy atom. The molecule has 4 heterocycles. The van der Waals surface area contributed by atoms with Gasteiger partial charge in [-0.25, -0.2) is 9.97 Å². The van der Waals surface area contributed by atoms with Gasteiger partial charge in [-0.05, 0) is 71.3 Å². The molecule has 0 atom stereocenters. The minimum absolute atomic E-state index is 0.182. The van der Waals surface area contributed by atoms with Crippen molar-refractivity contribution in [2.45, 2.75) is 25.2 Å². The lowest BCUT2D eigenvalue weighted by Gasteiger charge is -2.36. The molecule has 1 aliphatic heterocycles. The third-order valence-electron chi connectivity index (χ3n) is 7.42. The first kappa shape index (κ1) is 27.2. The molecule has 216 valence electrons. The summed E-state index contributed by atoms with van der Waals surface area (Å²) >= 11 is 0. The number of nitrogens with zero attached hydrogens (tertiary/aromatic N) is 6. The predicted molar refractivity (Wildman–Crippen MR) is 164 cm³/mol. The molecule has 6 rings (SSSR count). The summed E-state index contributed by atoms with van der Waals surface area (Å²) < 4.78 is 17.5. The summed E-state index contributed by atoms with van der Waals surface area (Å²) in [7, 11) is -2.50. The highest BCUT2D eigenvalue weighted by molar-refractivity contribution is 8.02. The van der Waals surface area contributed by atoms with Crippen LogP contribution >= 0.6 is 0 Å². The lowest BCUT2D eigenvalue weighted by molar-refractivity contribution is -0.137. The fourth-order valence-electron chi connectivity index (χ4n) is 5.24. The van der Waals surface area contributed by atoms with Crippen LogP contribution in [0.5, 0.6) is 0 Å². The number of carboxylic acids is 1. The number of fused-ring (bicyclic) bond motifs is 1. The minimum Gasteiger partial charge on any atom is -0.481 e. The van der Waals surface area contributed by atoms with E-state index in [1.54, 1.807) is 12.5 Å². The standard InChI is InChI=1S/C29H36N8O3S/c1-41(2,40)34-25-4-3-5-26(32-25)37-24(20-6-7-20)18-21-19-30-29(33-28(21)37)31-22-8-10-23(11-9-22)36-16-14-35(15-17-36)13-12-27(38)39/h3-5,8-11,18-20,41H,6-7,12-17H2,1-2H3,(H,38,39)(H,30,31,33)(H,32,34,40). The molecule has 11 nitrogen and oxygen atoms in total. The molecule has 3 aromatic heterocycles. The van der Waals surface area contributed by atoms with E-state index >= 15 is 0 Å². The zero-order valence-corrected chi connectivity index (χ0v) is 24.2. The lowest BCUT2D eigenvalue weighted by Crippen LogP contribution is -2.46. The van der Waals surface area contributed by atoms with Crippen molar-refractivity contribution in [1.82, 2.24) is 24.4 Å². The number of aromatic nitrogens is 4. The number of piperazine rings is 1. The average Bonchev–Trinajstić information content (AvgIpc) is 3.72. The third-order valence-corrected chi connectivity index (χ3v) is 8.18. The van der Waals surface area contributed by atoms with Crippen molar-refractivity contribution in [3.8, 4) is 5.82 Å². The molecule has 0 amide bonds. The third kappa shape index (κ3) is 6.49. The van der Waals surface area contributed by atoms with Crippen LogP contribution in [0.25, 0.3) is 16.9 Å².